The first-order valence-electron chi connectivity index (χ1n) is 7.43. The maximum Gasteiger partial charge on any atom is 0.120 e. The highest BCUT2D eigenvalue weighted by Crippen LogP contribution is 2.31. The van der Waals surface area contributed by atoms with Crippen LogP contribution in [0.5, 0.6) is 0 Å². The summed E-state index contributed by atoms with van der Waals surface area (Å²) in [5.41, 5.74) is 2.38. The molecule has 0 saturated heterocycles. The number of hydrogen-bond acceptors (Lipinski definition) is 3. The molecule has 0 unspecified atom stereocenters. The molecular weight excluding hydrogens is 250 g/mol. The Labute approximate surface area is 121 Å². The van der Waals surface area contributed by atoms with Gasteiger partial charge in [-0.15, -0.1) is 0 Å². The molecule has 0 spiro atoms. The van der Waals surface area contributed by atoms with Gasteiger partial charge in [0.25, 0.3) is 0 Å². The third-order valence-electron chi connectivity index (χ3n) is 4.73. The Kier molecular flexibility index (Phi) is 4.52. The molecule has 0 radical (unpaired) electrons. The Morgan fingerprint density at radius 2 is 2.15 bits per heavy atom. The van der Waals surface area contributed by atoms with E-state index < -0.39 is 5.60 Å². The molecule has 2 rings (SSSR count). The summed E-state index contributed by atoms with van der Waals surface area (Å²) in [5.74, 6) is 0.741. The fraction of sp³-hybridized carbons (Fsp3) is 0.688. The van der Waals surface area contributed by atoms with Crippen molar-refractivity contribution in [3.05, 3.63) is 23.0 Å². The molecule has 110 valence electrons. The topological polar surface area (TPSA) is 61.0 Å². The Hall–Kier alpha value is -1.31. The molecule has 4 nitrogen and oxygen atoms in total. The van der Waals surface area contributed by atoms with Crippen LogP contribution in [0.3, 0.4) is 0 Å². The van der Waals surface area contributed by atoms with E-state index in [4.69, 9.17) is 5.26 Å². The first-order chi connectivity index (χ1) is 9.45. The molecule has 1 aromatic heterocycles. The molecule has 0 amide bonds. The first kappa shape index (κ1) is 15.1. The summed E-state index contributed by atoms with van der Waals surface area (Å²) < 4.78 is 1.91. The number of nitriles is 1. The van der Waals surface area contributed by atoms with Gasteiger partial charge in [-0.05, 0) is 50.2 Å². The molecule has 4 heteroatoms. The van der Waals surface area contributed by atoms with Gasteiger partial charge in [0.05, 0.1) is 5.60 Å². The van der Waals surface area contributed by atoms with Crippen LogP contribution < -0.4 is 5.32 Å². The fourth-order valence-electron chi connectivity index (χ4n) is 2.95. The first-order valence-corrected chi connectivity index (χ1v) is 7.43. The highest BCUT2D eigenvalue weighted by atomic mass is 16.3. The lowest BCUT2D eigenvalue weighted by Crippen LogP contribution is -2.43. The smallest absolute Gasteiger partial charge is 0.120 e. The van der Waals surface area contributed by atoms with E-state index >= 15 is 0 Å². The van der Waals surface area contributed by atoms with Crippen molar-refractivity contribution in [3.63, 3.8) is 0 Å². The van der Waals surface area contributed by atoms with Crippen molar-refractivity contribution in [2.24, 2.45) is 13.0 Å². The molecule has 2 N–H and O–H groups in total. The van der Waals surface area contributed by atoms with Crippen molar-refractivity contribution in [1.82, 2.24) is 9.88 Å². The lowest BCUT2D eigenvalue weighted by Gasteiger charge is -2.35. The Bertz CT molecular complexity index is 505. The number of rotatable bonds is 4. The summed E-state index contributed by atoms with van der Waals surface area (Å²) >= 11 is 0. The van der Waals surface area contributed by atoms with E-state index in [1.807, 2.05) is 24.6 Å². The molecule has 1 fully saturated rings. The van der Waals surface area contributed by atoms with Gasteiger partial charge in [-0.25, -0.2) is 0 Å². The van der Waals surface area contributed by atoms with Crippen LogP contribution in [0.1, 0.15) is 49.6 Å². The van der Waals surface area contributed by atoms with Crippen molar-refractivity contribution in [1.29, 1.82) is 5.26 Å². The van der Waals surface area contributed by atoms with Gasteiger partial charge in [-0.1, -0.05) is 6.92 Å². The van der Waals surface area contributed by atoms with Gasteiger partial charge in [0.15, 0.2) is 0 Å². The van der Waals surface area contributed by atoms with Gasteiger partial charge >= 0.3 is 0 Å². The molecule has 20 heavy (non-hydrogen) atoms. The number of nitrogens with zero attached hydrogens (tertiary/aromatic N) is 2. The average molecular weight is 275 g/mol. The molecule has 0 aliphatic heterocycles. The lowest BCUT2D eigenvalue weighted by atomic mass is 9.79. The predicted octanol–water partition coefficient (Wildman–Crippen LogP) is 2.24. The number of nitrogens with one attached hydrogen (secondary N) is 1. The van der Waals surface area contributed by atoms with Crippen LogP contribution in [0, 0.1) is 24.2 Å². The van der Waals surface area contributed by atoms with Gasteiger partial charge in [-0.2, -0.15) is 5.26 Å². The number of hydrogen-bond donors (Lipinski definition) is 2. The third-order valence-corrected chi connectivity index (χ3v) is 4.73. The van der Waals surface area contributed by atoms with Crippen LogP contribution in [0.4, 0.5) is 0 Å². The van der Waals surface area contributed by atoms with Gasteiger partial charge < -0.3 is 15.0 Å². The van der Waals surface area contributed by atoms with Crippen LogP contribution in [0.25, 0.3) is 0 Å². The zero-order chi connectivity index (χ0) is 14.8. The number of aromatic nitrogens is 1. The van der Waals surface area contributed by atoms with Crippen molar-refractivity contribution < 1.29 is 5.11 Å². The Morgan fingerprint density at radius 3 is 2.70 bits per heavy atom. The third kappa shape index (κ3) is 3.23. The van der Waals surface area contributed by atoms with Crippen molar-refractivity contribution in [2.45, 2.75) is 51.7 Å². The second-order valence-corrected chi connectivity index (χ2v) is 6.32. The minimum Gasteiger partial charge on any atom is -0.389 e. The average Bonchev–Trinajstić information content (AvgIpc) is 2.70. The lowest BCUT2D eigenvalue weighted by molar-refractivity contribution is -0.00631. The van der Waals surface area contributed by atoms with E-state index in [0.717, 1.165) is 42.9 Å². The summed E-state index contributed by atoms with van der Waals surface area (Å²) in [7, 11) is 1.91. The van der Waals surface area contributed by atoms with Gasteiger partial charge in [0.2, 0.25) is 0 Å². The summed E-state index contributed by atoms with van der Waals surface area (Å²) in [6, 6.07) is 4.12. The van der Waals surface area contributed by atoms with Crippen LogP contribution in [0.2, 0.25) is 0 Å². The normalized spacial score (nSPS) is 26.4. The summed E-state index contributed by atoms with van der Waals surface area (Å²) in [4.78, 5) is 0. The SMILES string of the molecule is Cc1c(CNCC2(O)CCC(C)CC2)cc(C#N)n1C. The molecule has 0 aromatic carbocycles. The molecule has 0 atom stereocenters. The van der Waals surface area contributed by atoms with Gasteiger partial charge in [0.1, 0.15) is 11.8 Å². The molecular formula is C16H25N3O. The minimum absolute atomic E-state index is 0.548. The van der Waals surface area contributed by atoms with E-state index in [1.54, 1.807) is 0 Å². The quantitative estimate of drug-likeness (QED) is 0.886. The Balaban J connectivity index is 1.89. The summed E-state index contributed by atoms with van der Waals surface area (Å²) in [6.07, 6.45) is 4.00. The van der Waals surface area contributed by atoms with Crippen LogP contribution in [-0.2, 0) is 13.6 Å². The summed E-state index contributed by atoms with van der Waals surface area (Å²) in [6.45, 7) is 5.62. The molecule has 1 aliphatic rings. The summed E-state index contributed by atoms with van der Waals surface area (Å²) in [5, 5.41) is 22.9. The number of aliphatic hydroxyl groups is 1. The largest absolute Gasteiger partial charge is 0.389 e. The van der Waals surface area contributed by atoms with E-state index in [2.05, 4.69) is 18.3 Å². The van der Waals surface area contributed by atoms with E-state index in [-0.39, 0.29) is 0 Å². The van der Waals surface area contributed by atoms with E-state index in [1.165, 1.54) is 0 Å². The maximum atomic E-state index is 10.5. The van der Waals surface area contributed by atoms with Crippen LogP contribution in [-0.4, -0.2) is 21.8 Å². The molecule has 1 aromatic rings. The maximum absolute atomic E-state index is 10.5. The van der Waals surface area contributed by atoms with Crippen LogP contribution in [0.15, 0.2) is 6.07 Å². The highest BCUT2D eigenvalue weighted by molar-refractivity contribution is 5.34. The van der Waals surface area contributed by atoms with Gasteiger partial charge in [0, 0.05) is 25.8 Å². The van der Waals surface area contributed by atoms with Crippen molar-refractivity contribution >= 4 is 0 Å². The minimum atomic E-state index is -0.548. The van der Waals surface area contributed by atoms with Gasteiger partial charge in [-0.3, -0.25) is 0 Å². The van der Waals surface area contributed by atoms with Crippen molar-refractivity contribution in [3.8, 4) is 6.07 Å². The molecule has 1 heterocycles. The van der Waals surface area contributed by atoms with Crippen molar-refractivity contribution in [2.75, 3.05) is 6.54 Å². The highest BCUT2D eigenvalue weighted by Gasteiger charge is 2.31. The zero-order valence-electron chi connectivity index (χ0n) is 12.7. The molecule has 0 bridgehead atoms. The van der Waals surface area contributed by atoms with E-state index in [9.17, 15) is 5.11 Å². The standard InChI is InChI=1S/C16H25N3O/c1-12-4-6-16(20,7-5-12)11-18-10-14-8-15(9-17)19(3)13(14)2/h8,12,18,20H,4-7,10-11H2,1-3H3. The predicted molar refractivity (Wildman–Crippen MR) is 79.2 cm³/mol. The second-order valence-electron chi connectivity index (χ2n) is 6.32. The van der Waals surface area contributed by atoms with Crippen LogP contribution >= 0.6 is 0 Å². The molecule has 1 aliphatic carbocycles. The zero-order valence-corrected chi connectivity index (χ0v) is 12.7. The molecule has 1 saturated carbocycles. The second kappa shape index (κ2) is 5.99. The fourth-order valence-corrected chi connectivity index (χ4v) is 2.95. The monoisotopic (exact) mass is 275 g/mol. The van der Waals surface area contributed by atoms with E-state index in [0.29, 0.717) is 18.8 Å². The Morgan fingerprint density at radius 1 is 1.50 bits per heavy atom.